The van der Waals surface area contributed by atoms with Crippen LogP contribution in [0.2, 0.25) is 0 Å². The Morgan fingerprint density at radius 2 is 2.47 bits per heavy atom. The number of carbonyl (C=O) groups excluding carboxylic acids is 1. The molecule has 1 aliphatic rings. The first-order valence-electron chi connectivity index (χ1n) is 7.18. The lowest BCUT2D eigenvalue weighted by Gasteiger charge is -2.26. The lowest BCUT2D eigenvalue weighted by molar-refractivity contribution is -0.132. The number of hydrogen-bond donors (Lipinski definition) is 1. The molecule has 0 aromatic carbocycles. The van der Waals surface area contributed by atoms with E-state index in [4.69, 9.17) is 0 Å². The third-order valence-corrected chi connectivity index (χ3v) is 5.14. The van der Waals surface area contributed by atoms with Gasteiger partial charge in [0.05, 0.1) is 6.04 Å². The molecule has 2 unspecified atom stereocenters. The standard InChI is InChI=1S/C15H24N2OS/c1-12(14-6-4-10-19-14)17(2)15(18)8-7-13-5-3-9-16-11-13/h4,6,10,12-13,16H,3,5,7-9,11H2,1-2H3. The van der Waals surface area contributed by atoms with Crippen LogP contribution in [0.1, 0.15) is 43.5 Å². The molecule has 1 saturated heterocycles. The van der Waals surface area contributed by atoms with Gasteiger partial charge in [0.1, 0.15) is 0 Å². The zero-order valence-electron chi connectivity index (χ0n) is 11.9. The molecule has 2 atom stereocenters. The minimum absolute atomic E-state index is 0.192. The fourth-order valence-corrected chi connectivity index (χ4v) is 3.44. The highest BCUT2D eigenvalue weighted by atomic mass is 32.1. The van der Waals surface area contributed by atoms with Crippen molar-refractivity contribution in [2.75, 3.05) is 20.1 Å². The first-order valence-corrected chi connectivity index (χ1v) is 8.06. The Balaban J connectivity index is 1.78. The van der Waals surface area contributed by atoms with Crippen LogP contribution in [0.3, 0.4) is 0 Å². The second kappa shape index (κ2) is 7.06. The highest BCUT2D eigenvalue weighted by molar-refractivity contribution is 7.10. The van der Waals surface area contributed by atoms with Gasteiger partial charge >= 0.3 is 0 Å². The highest BCUT2D eigenvalue weighted by Gasteiger charge is 2.20. The average Bonchev–Trinajstić information content (AvgIpc) is 2.98. The van der Waals surface area contributed by atoms with Crippen LogP contribution >= 0.6 is 11.3 Å². The molecule has 106 valence electrons. The van der Waals surface area contributed by atoms with Gasteiger partial charge in [-0.2, -0.15) is 0 Å². The number of rotatable bonds is 5. The quantitative estimate of drug-likeness (QED) is 0.899. The van der Waals surface area contributed by atoms with E-state index in [2.05, 4.69) is 23.7 Å². The molecule has 1 aromatic rings. The minimum Gasteiger partial charge on any atom is -0.338 e. The molecule has 1 fully saturated rings. The Morgan fingerprint density at radius 3 is 3.11 bits per heavy atom. The van der Waals surface area contributed by atoms with E-state index in [1.807, 2.05) is 18.0 Å². The van der Waals surface area contributed by atoms with Crippen molar-refractivity contribution in [2.45, 2.75) is 38.6 Å². The largest absolute Gasteiger partial charge is 0.338 e. The van der Waals surface area contributed by atoms with Gasteiger partial charge in [-0.05, 0) is 56.6 Å². The maximum Gasteiger partial charge on any atom is 0.222 e. The molecule has 0 aliphatic carbocycles. The number of piperidine rings is 1. The van der Waals surface area contributed by atoms with E-state index in [9.17, 15) is 4.79 Å². The van der Waals surface area contributed by atoms with Gasteiger partial charge in [0.15, 0.2) is 0 Å². The van der Waals surface area contributed by atoms with Crippen LogP contribution in [-0.2, 0) is 4.79 Å². The first kappa shape index (κ1) is 14.5. The Bertz CT molecular complexity index is 385. The SMILES string of the molecule is CC(c1cccs1)N(C)C(=O)CCC1CCCNC1. The summed E-state index contributed by atoms with van der Waals surface area (Å²) in [6, 6.07) is 4.34. The van der Waals surface area contributed by atoms with Crippen LogP contribution < -0.4 is 5.32 Å². The molecule has 2 rings (SSSR count). The summed E-state index contributed by atoms with van der Waals surface area (Å²) in [6.07, 6.45) is 4.22. The number of hydrogen-bond acceptors (Lipinski definition) is 3. The Hall–Kier alpha value is -0.870. The molecule has 2 heterocycles. The van der Waals surface area contributed by atoms with Crippen LogP contribution in [0.15, 0.2) is 17.5 Å². The van der Waals surface area contributed by atoms with Crippen molar-refractivity contribution in [1.29, 1.82) is 0 Å². The van der Waals surface area contributed by atoms with Gasteiger partial charge in [-0.1, -0.05) is 6.07 Å². The van der Waals surface area contributed by atoms with E-state index in [0.29, 0.717) is 12.3 Å². The molecular weight excluding hydrogens is 256 g/mol. The molecule has 0 radical (unpaired) electrons. The van der Waals surface area contributed by atoms with Crippen LogP contribution in [0.25, 0.3) is 0 Å². The van der Waals surface area contributed by atoms with Gasteiger partial charge in [0, 0.05) is 18.3 Å². The summed E-state index contributed by atoms with van der Waals surface area (Å²) in [5.74, 6) is 0.953. The number of nitrogens with one attached hydrogen (secondary N) is 1. The fraction of sp³-hybridized carbons (Fsp3) is 0.667. The van der Waals surface area contributed by atoms with Crippen LogP contribution in [0.4, 0.5) is 0 Å². The van der Waals surface area contributed by atoms with E-state index >= 15 is 0 Å². The normalized spacial score (nSPS) is 21.1. The summed E-state index contributed by atoms with van der Waals surface area (Å²) in [7, 11) is 1.92. The number of nitrogens with zero attached hydrogens (tertiary/aromatic N) is 1. The van der Waals surface area contributed by atoms with Crippen molar-refractivity contribution in [2.24, 2.45) is 5.92 Å². The second-order valence-electron chi connectivity index (χ2n) is 5.45. The number of thiophene rings is 1. The minimum atomic E-state index is 0.192. The molecule has 1 amide bonds. The summed E-state index contributed by atoms with van der Waals surface area (Å²) in [5, 5.41) is 5.48. The molecule has 1 aliphatic heterocycles. The second-order valence-corrected chi connectivity index (χ2v) is 6.43. The van der Waals surface area contributed by atoms with E-state index in [0.717, 1.165) is 19.5 Å². The van der Waals surface area contributed by atoms with E-state index in [1.54, 1.807) is 11.3 Å². The third kappa shape index (κ3) is 4.05. The highest BCUT2D eigenvalue weighted by Crippen LogP contribution is 2.25. The summed E-state index contributed by atoms with van der Waals surface area (Å²) in [4.78, 5) is 15.4. The van der Waals surface area contributed by atoms with Crippen molar-refractivity contribution >= 4 is 17.2 Å². The van der Waals surface area contributed by atoms with Crippen LogP contribution in [0.5, 0.6) is 0 Å². The van der Waals surface area contributed by atoms with Crippen LogP contribution in [-0.4, -0.2) is 30.9 Å². The Morgan fingerprint density at radius 1 is 1.63 bits per heavy atom. The number of amides is 1. The number of carbonyl (C=O) groups is 1. The van der Waals surface area contributed by atoms with Crippen molar-refractivity contribution in [3.63, 3.8) is 0 Å². The first-order chi connectivity index (χ1) is 9.18. The molecule has 19 heavy (non-hydrogen) atoms. The van der Waals surface area contributed by atoms with Gasteiger partial charge in [-0.25, -0.2) is 0 Å². The summed E-state index contributed by atoms with van der Waals surface area (Å²) in [6.45, 7) is 4.32. The predicted octanol–water partition coefficient (Wildman–Crippen LogP) is 3.05. The molecule has 1 aromatic heterocycles. The Kier molecular flexibility index (Phi) is 5.40. The molecule has 0 spiro atoms. The predicted molar refractivity (Wildman–Crippen MR) is 80.3 cm³/mol. The zero-order chi connectivity index (χ0) is 13.7. The van der Waals surface area contributed by atoms with E-state index in [-0.39, 0.29) is 11.9 Å². The third-order valence-electron chi connectivity index (χ3n) is 4.09. The average molecular weight is 280 g/mol. The topological polar surface area (TPSA) is 32.3 Å². The monoisotopic (exact) mass is 280 g/mol. The summed E-state index contributed by atoms with van der Waals surface area (Å²) < 4.78 is 0. The lowest BCUT2D eigenvalue weighted by Crippen LogP contribution is -2.32. The van der Waals surface area contributed by atoms with Crippen molar-refractivity contribution in [3.05, 3.63) is 22.4 Å². The van der Waals surface area contributed by atoms with Crippen LogP contribution in [0, 0.1) is 5.92 Å². The molecule has 3 nitrogen and oxygen atoms in total. The summed E-state index contributed by atoms with van der Waals surface area (Å²) in [5.41, 5.74) is 0. The van der Waals surface area contributed by atoms with Gasteiger partial charge in [0.25, 0.3) is 0 Å². The van der Waals surface area contributed by atoms with Gasteiger partial charge in [0.2, 0.25) is 5.91 Å². The molecule has 0 saturated carbocycles. The molecular formula is C15H24N2OS. The fourth-order valence-electron chi connectivity index (χ4n) is 2.61. The maximum absolute atomic E-state index is 12.2. The van der Waals surface area contributed by atoms with Crippen molar-refractivity contribution in [3.8, 4) is 0 Å². The van der Waals surface area contributed by atoms with E-state index in [1.165, 1.54) is 17.7 Å². The molecule has 0 bridgehead atoms. The zero-order valence-corrected chi connectivity index (χ0v) is 12.7. The van der Waals surface area contributed by atoms with Crippen molar-refractivity contribution in [1.82, 2.24) is 10.2 Å². The van der Waals surface area contributed by atoms with Gasteiger partial charge in [-0.15, -0.1) is 11.3 Å². The summed E-state index contributed by atoms with van der Waals surface area (Å²) >= 11 is 1.72. The molecule has 4 heteroatoms. The van der Waals surface area contributed by atoms with Crippen molar-refractivity contribution < 1.29 is 4.79 Å². The smallest absolute Gasteiger partial charge is 0.222 e. The van der Waals surface area contributed by atoms with Gasteiger partial charge in [-0.3, -0.25) is 4.79 Å². The Labute approximate surface area is 120 Å². The lowest BCUT2D eigenvalue weighted by atomic mass is 9.94. The van der Waals surface area contributed by atoms with Gasteiger partial charge < -0.3 is 10.2 Å². The maximum atomic E-state index is 12.2. The molecule has 1 N–H and O–H groups in total. The van der Waals surface area contributed by atoms with E-state index < -0.39 is 0 Å².